The Morgan fingerprint density at radius 1 is 1.15 bits per heavy atom. The first-order chi connectivity index (χ1) is 12.4. The maximum atomic E-state index is 12.9. The predicted molar refractivity (Wildman–Crippen MR) is 90.2 cm³/mol. The zero-order valence-corrected chi connectivity index (χ0v) is 13.9. The summed E-state index contributed by atoms with van der Waals surface area (Å²) in [7, 11) is 0. The van der Waals surface area contributed by atoms with Gasteiger partial charge in [0.1, 0.15) is 6.04 Å². The molecule has 1 aliphatic rings. The molecule has 2 N–H and O–H groups in total. The lowest BCUT2D eigenvalue weighted by Gasteiger charge is -2.36. The molecule has 1 heterocycles. The number of halogens is 3. The van der Waals surface area contributed by atoms with E-state index < -0.39 is 23.9 Å². The molecular formula is C19H19F3N2O2. The van der Waals surface area contributed by atoms with E-state index in [9.17, 15) is 23.1 Å². The van der Waals surface area contributed by atoms with Gasteiger partial charge < -0.3 is 10.4 Å². The topological polar surface area (TPSA) is 52.6 Å². The summed E-state index contributed by atoms with van der Waals surface area (Å²) in [6, 6.07) is 13.2. The number of rotatable bonds is 4. The highest BCUT2D eigenvalue weighted by atomic mass is 19.4. The molecule has 1 amide bonds. The van der Waals surface area contributed by atoms with E-state index in [4.69, 9.17) is 0 Å². The molecule has 0 saturated carbocycles. The van der Waals surface area contributed by atoms with Crippen molar-refractivity contribution in [2.24, 2.45) is 0 Å². The number of alkyl halides is 3. The normalized spacial score (nSPS) is 19.8. The van der Waals surface area contributed by atoms with Crippen LogP contribution in [0, 0.1) is 0 Å². The number of carbonyl (C=O) groups is 1. The Morgan fingerprint density at radius 2 is 1.88 bits per heavy atom. The van der Waals surface area contributed by atoms with Gasteiger partial charge in [0, 0.05) is 19.6 Å². The van der Waals surface area contributed by atoms with Crippen LogP contribution in [-0.4, -0.2) is 35.5 Å². The minimum Gasteiger partial charge on any atom is -0.387 e. The third-order valence-corrected chi connectivity index (χ3v) is 4.43. The summed E-state index contributed by atoms with van der Waals surface area (Å²) in [5, 5.41) is 13.3. The fourth-order valence-corrected chi connectivity index (χ4v) is 3.16. The van der Waals surface area contributed by atoms with Crippen molar-refractivity contribution in [2.75, 3.05) is 19.6 Å². The van der Waals surface area contributed by atoms with Gasteiger partial charge in [0.15, 0.2) is 0 Å². The van der Waals surface area contributed by atoms with Crippen LogP contribution in [0.3, 0.4) is 0 Å². The van der Waals surface area contributed by atoms with E-state index in [1.807, 2.05) is 30.3 Å². The standard InChI is InChI=1S/C19H19F3N2O2/c20-19(21,22)15-8-4-7-14(11-15)16(25)12-24-10-9-23-18(26)17(24)13-5-2-1-3-6-13/h1-8,11,16-17,25H,9-10,12H2,(H,23,26). The summed E-state index contributed by atoms with van der Waals surface area (Å²) in [5.41, 5.74) is 0.156. The maximum Gasteiger partial charge on any atom is 0.416 e. The smallest absolute Gasteiger partial charge is 0.387 e. The molecule has 3 rings (SSSR count). The average molecular weight is 364 g/mol. The molecule has 2 unspecified atom stereocenters. The number of amides is 1. The Kier molecular flexibility index (Phi) is 5.29. The highest BCUT2D eigenvalue weighted by molar-refractivity contribution is 5.83. The van der Waals surface area contributed by atoms with E-state index in [1.165, 1.54) is 12.1 Å². The second-order valence-electron chi connectivity index (χ2n) is 6.24. The van der Waals surface area contributed by atoms with Crippen LogP contribution < -0.4 is 5.32 Å². The van der Waals surface area contributed by atoms with Gasteiger partial charge in [-0.25, -0.2) is 0 Å². The average Bonchev–Trinajstić information content (AvgIpc) is 2.62. The quantitative estimate of drug-likeness (QED) is 0.877. The lowest BCUT2D eigenvalue weighted by molar-refractivity contribution is -0.137. The maximum absolute atomic E-state index is 12.9. The van der Waals surface area contributed by atoms with Gasteiger partial charge in [0.05, 0.1) is 11.7 Å². The first-order valence-corrected chi connectivity index (χ1v) is 8.28. The Hall–Kier alpha value is -2.38. The number of piperazine rings is 1. The van der Waals surface area contributed by atoms with Gasteiger partial charge in [0.25, 0.3) is 0 Å². The van der Waals surface area contributed by atoms with E-state index in [2.05, 4.69) is 5.32 Å². The Balaban J connectivity index is 1.81. The number of benzene rings is 2. The number of carbonyl (C=O) groups excluding carboxylic acids is 1. The van der Waals surface area contributed by atoms with Gasteiger partial charge >= 0.3 is 6.18 Å². The first-order valence-electron chi connectivity index (χ1n) is 8.28. The van der Waals surface area contributed by atoms with E-state index >= 15 is 0 Å². The van der Waals surface area contributed by atoms with Crippen LogP contribution >= 0.6 is 0 Å². The summed E-state index contributed by atoms with van der Waals surface area (Å²) >= 11 is 0. The van der Waals surface area contributed by atoms with Crippen molar-refractivity contribution in [3.63, 3.8) is 0 Å². The fraction of sp³-hybridized carbons (Fsp3) is 0.316. The van der Waals surface area contributed by atoms with Crippen molar-refractivity contribution < 1.29 is 23.1 Å². The van der Waals surface area contributed by atoms with Crippen molar-refractivity contribution in [2.45, 2.75) is 18.3 Å². The number of β-amino-alcohol motifs (C(OH)–C–C–N with tert-alkyl or cyclic N) is 1. The van der Waals surface area contributed by atoms with Crippen LogP contribution in [0.15, 0.2) is 54.6 Å². The number of aliphatic hydroxyl groups excluding tert-OH is 1. The van der Waals surface area contributed by atoms with Crippen LogP contribution in [-0.2, 0) is 11.0 Å². The highest BCUT2D eigenvalue weighted by Gasteiger charge is 2.34. The minimum absolute atomic E-state index is 0.0638. The van der Waals surface area contributed by atoms with E-state index in [-0.39, 0.29) is 18.0 Å². The SMILES string of the molecule is O=C1NCCN(CC(O)c2cccc(C(F)(F)F)c2)C1c1ccccc1. The Morgan fingerprint density at radius 3 is 2.58 bits per heavy atom. The number of aliphatic hydroxyl groups is 1. The van der Waals surface area contributed by atoms with Crippen LogP contribution in [0.4, 0.5) is 13.2 Å². The molecule has 4 nitrogen and oxygen atoms in total. The summed E-state index contributed by atoms with van der Waals surface area (Å²) in [4.78, 5) is 14.1. The van der Waals surface area contributed by atoms with Crippen molar-refractivity contribution in [3.8, 4) is 0 Å². The van der Waals surface area contributed by atoms with Crippen molar-refractivity contribution >= 4 is 5.91 Å². The number of hydrogen-bond donors (Lipinski definition) is 2. The molecule has 1 aliphatic heterocycles. The fourth-order valence-electron chi connectivity index (χ4n) is 3.16. The summed E-state index contributed by atoms with van der Waals surface area (Å²) in [6.45, 7) is 0.993. The number of nitrogens with one attached hydrogen (secondary N) is 1. The molecule has 0 bridgehead atoms. The molecule has 0 radical (unpaired) electrons. The van der Waals surface area contributed by atoms with E-state index in [0.717, 1.165) is 17.7 Å². The van der Waals surface area contributed by atoms with Gasteiger partial charge in [-0.15, -0.1) is 0 Å². The highest BCUT2D eigenvalue weighted by Crippen LogP contribution is 2.32. The van der Waals surface area contributed by atoms with Crippen LogP contribution in [0.25, 0.3) is 0 Å². The lowest BCUT2D eigenvalue weighted by atomic mass is 10.00. The molecule has 138 valence electrons. The molecule has 2 aromatic rings. The summed E-state index contributed by atoms with van der Waals surface area (Å²) in [5.74, 6) is -0.182. The molecule has 0 aromatic heterocycles. The Labute approximate surface area is 149 Å². The van der Waals surface area contributed by atoms with E-state index in [1.54, 1.807) is 4.90 Å². The minimum atomic E-state index is -4.46. The molecule has 1 saturated heterocycles. The van der Waals surface area contributed by atoms with Gasteiger partial charge in [-0.1, -0.05) is 42.5 Å². The third kappa shape index (κ3) is 4.05. The zero-order valence-electron chi connectivity index (χ0n) is 13.9. The first kappa shape index (κ1) is 18.4. The second kappa shape index (κ2) is 7.47. The molecule has 26 heavy (non-hydrogen) atoms. The largest absolute Gasteiger partial charge is 0.416 e. The summed E-state index contributed by atoms with van der Waals surface area (Å²) < 4.78 is 38.6. The lowest BCUT2D eigenvalue weighted by Crippen LogP contribution is -2.51. The Bertz CT molecular complexity index is 765. The molecule has 0 aliphatic carbocycles. The van der Waals surface area contributed by atoms with Crippen LogP contribution in [0.2, 0.25) is 0 Å². The molecular weight excluding hydrogens is 345 g/mol. The van der Waals surface area contributed by atoms with Crippen molar-refractivity contribution in [1.82, 2.24) is 10.2 Å². The second-order valence-corrected chi connectivity index (χ2v) is 6.24. The third-order valence-electron chi connectivity index (χ3n) is 4.43. The van der Waals surface area contributed by atoms with Gasteiger partial charge in [0.2, 0.25) is 5.91 Å². The van der Waals surface area contributed by atoms with E-state index in [0.29, 0.717) is 13.1 Å². The molecule has 7 heteroatoms. The number of hydrogen-bond acceptors (Lipinski definition) is 3. The van der Waals surface area contributed by atoms with Gasteiger partial charge in [-0.3, -0.25) is 9.69 Å². The molecule has 0 spiro atoms. The van der Waals surface area contributed by atoms with Crippen molar-refractivity contribution in [1.29, 1.82) is 0 Å². The summed E-state index contributed by atoms with van der Waals surface area (Å²) in [6.07, 6.45) is -5.60. The monoisotopic (exact) mass is 364 g/mol. The molecule has 2 aromatic carbocycles. The molecule has 2 atom stereocenters. The van der Waals surface area contributed by atoms with Crippen LogP contribution in [0.1, 0.15) is 28.8 Å². The predicted octanol–water partition coefficient (Wildman–Crippen LogP) is 2.91. The van der Waals surface area contributed by atoms with Gasteiger partial charge in [-0.2, -0.15) is 13.2 Å². The van der Waals surface area contributed by atoms with Crippen LogP contribution in [0.5, 0.6) is 0 Å². The molecule has 1 fully saturated rings. The zero-order chi connectivity index (χ0) is 18.7. The van der Waals surface area contributed by atoms with Gasteiger partial charge in [-0.05, 0) is 23.3 Å². The number of nitrogens with zero attached hydrogens (tertiary/aromatic N) is 1. The van der Waals surface area contributed by atoms with Crippen molar-refractivity contribution in [3.05, 3.63) is 71.3 Å².